The highest BCUT2D eigenvalue weighted by molar-refractivity contribution is 5.76. The topological polar surface area (TPSA) is 21.7 Å². The van der Waals surface area contributed by atoms with Gasteiger partial charge in [-0.1, -0.05) is 118 Å². The Morgan fingerprint density at radius 3 is 2.14 bits per heavy atom. The van der Waals surface area contributed by atoms with Gasteiger partial charge in [-0.2, -0.15) is 4.57 Å². The minimum Gasteiger partial charge on any atom is -0.189 e. The van der Waals surface area contributed by atoms with E-state index >= 15 is 0 Å². The molecule has 1 aliphatic heterocycles. The number of nitrogens with zero attached hydrogens (tertiary/aromatic N) is 3. The van der Waals surface area contributed by atoms with Crippen LogP contribution < -0.4 is 4.57 Å². The van der Waals surface area contributed by atoms with Gasteiger partial charge in [-0.3, -0.25) is 0 Å². The van der Waals surface area contributed by atoms with Crippen molar-refractivity contribution in [1.82, 2.24) is 9.78 Å². The summed E-state index contributed by atoms with van der Waals surface area (Å²) in [6, 6.07) is 33.4. The van der Waals surface area contributed by atoms with Gasteiger partial charge in [0.2, 0.25) is 0 Å². The third-order valence-corrected chi connectivity index (χ3v) is 10.4. The summed E-state index contributed by atoms with van der Waals surface area (Å²) >= 11 is 0. The largest absolute Gasteiger partial charge is 0.314 e. The minimum atomic E-state index is -0.407. The first kappa shape index (κ1) is 29.8. The van der Waals surface area contributed by atoms with Crippen LogP contribution in [-0.4, -0.2) is 9.78 Å². The Morgan fingerprint density at radius 2 is 1.48 bits per heavy atom. The molecule has 0 spiro atoms. The molecule has 4 aromatic carbocycles. The Bertz CT molecular complexity index is 1830. The fraction of sp³-hybridized carbons (Fsp3) is 0.317. The highest BCUT2D eigenvalue weighted by atomic mass is 15.4. The Morgan fingerprint density at radius 1 is 0.795 bits per heavy atom. The molecule has 1 aromatic heterocycles. The van der Waals surface area contributed by atoms with Crippen molar-refractivity contribution in [3.05, 3.63) is 126 Å². The molecule has 3 heteroatoms. The van der Waals surface area contributed by atoms with Crippen LogP contribution in [0.2, 0.25) is 0 Å². The quantitative estimate of drug-likeness (QED) is 0.126. The summed E-state index contributed by atoms with van der Waals surface area (Å²) in [5.41, 5.74) is 10.7. The highest BCUT2D eigenvalue weighted by Crippen LogP contribution is 2.54. The molecule has 5 aromatic rings. The van der Waals surface area contributed by atoms with Gasteiger partial charge in [0.25, 0.3) is 5.82 Å². The van der Waals surface area contributed by atoms with E-state index in [9.17, 15) is 0 Å². The predicted octanol–water partition coefficient (Wildman–Crippen LogP) is 10.1. The molecule has 1 aliphatic rings. The highest BCUT2D eigenvalue weighted by Gasteiger charge is 2.58. The lowest BCUT2D eigenvalue weighted by Gasteiger charge is -2.46. The van der Waals surface area contributed by atoms with Crippen molar-refractivity contribution in [2.24, 2.45) is 0 Å². The Balaban J connectivity index is 1.82. The molecule has 0 bridgehead atoms. The van der Waals surface area contributed by atoms with Crippen LogP contribution in [0.1, 0.15) is 75.6 Å². The molecule has 0 N–H and O–H groups in total. The average Bonchev–Trinajstić information content (AvgIpc) is 3.44. The molecule has 0 fully saturated rings. The Hall–Kier alpha value is -4.24. The number of hydrogen-bond acceptors (Lipinski definition) is 1. The normalized spacial score (nSPS) is 19.0. The smallest absolute Gasteiger partial charge is 0.189 e. The zero-order valence-electron chi connectivity index (χ0n) is 27.3. The van der Waals surface area contributed by atoms with Crippen LogP contribution in [0.5, 0.6) is 0 Å². The first-order valence-electron chi connectivity index (χ1n) is 16.4. The zero-order chi connectivity index (χ0) is 31.1. The van der Waals surface area contributed by atoms with E-state index in [0.717, 1.165) is 36.5 Å². The lowest BCUT2D eigenvalue weighted by atomic mass is 9.60. The van der Waals surface area contributed by atoms with Gasteiger partial charge in [0.1, 0.15) is 5.69 Å². The summed E-state index contributed by atoms with van der Waals surface area (Å²) in [6.45, 7) is 18.2. The molecular weight excluding hydrogens is 534 g/mol. The second kappa shape index (κ2) is 11.7. The number of hydrogen-bond donors (Lipinski definition) is 0. The molecule has 0 radical (unpaired) electrons. The molecular formula is C41H46N3+. The van der Waals surface area contributed by atoms with Crippen LogP contribution >= 0.6 is 0 Å². The van der Waals surface area contributed by atoms with E-state index in [1.165, 1.54) is 57.5 Å². The maximum Gasteiger partial charge on any atom is 0.314 e. The second-order valence-electron chi connectivity index (χ2n) is 12.7. The third-order valence-electron chi connectivity index (χ3n) is 10.4. The zero-order valence-corrected chi connectivity index (χ0v) is 27.3. The van der Waals surface area contributed by atoms with Crippen LogP contribution in [0.3, 0.4) is 0 Å². The van der Waals surface area contributed by atoms with E-state index in [-0.39, 0.29) is 5.41 Å². The maximum atomic E-state index is 5.65. The molecule has 44 heavy (non-hydrogen) atoms. The van der Waals surface area contributed by atoms with E-state index in [4.69, 9.17) is 5.10 Å². The lowest BCUT2D eigenvalue weighted by molar-refractivity contribution is -0.573. The number of fused-ring (bicyclic) bond motifs is 3. The van der Waals surface area contributed by atoms with Crippen LogP contribution in [0.15, 0.2) is 104 Å². The molecule has 2 atom stereocenters. The summed E-state index contributed by atoms with van der Waals surface area (Å²) < 4.78 is 4.82. The van der Waals surface area contributed by atoms with E-state index in [1.807, 2.05) is 0 Å². The fourth-order valence-electron chi connectivity index (χ4n) is 7.74. The van der Waals surface area contributed by atoms with Crippen LogP contribution in [-0.2, 0) is 17.4 Å². The van der Waals surface area contributed by atoms with Gasteiger partial charge in [-0.25, -0.2) is 0 Å². The third kappa shape index (κ3) is 4.39. The summed E-state index contributed by atoms with van der Waals surface area (Å²) in [6.07, 6.45) is 7.47. The van der Waals surface area contributed by atoms with Crippen molar-refractivity contribution >= 4 is 0 Å². The van der Waals surface area contributed by atoms with Crippen molar-refractivity contribution in [3.63, 3.8) is 0 Å². The molecule has 0 saturated heterocycles. The molecule has 0 aliphatic carbocycles. The molecule has 224 valence electrons. The number of unbranched alkanes of at least 4 members (excludes halogenated alkanes) is 1. The lowest BCUT2D eigenvalue weighted by Crippen LogP contribution is -2.54. The van der Waals surface area contributed by atoms with E-state index in [1.54, 1.807) is 0 Å². The molecule has 3 nitrogen and oxygen atoms in total. The SMILES string of the molecule is C=CC1(CC)n2nc(-c3ccccc3C)[n+](-c3c(C)cc(CCCC)cc3-c3ccccc3)c2-c2ccccc2C1(C)CC. The number of benzene rings is 4. The monoisotopic (exact) mass is 580 g/mol. The number of allylic oxidation sites excluding steroid dienone is 1. The van der Waals surface area contributed by atoms with E-state index in [2.05, 4.69) is 154 Å². The van der Waals surface area contributed by atoms with Crippen molar-refractivity contribution < 1.29 is 4.57 Å². The minimum absolute atomic E-state index is 0.179. The summed E-state index contributed by atoms with van der Waals surface area (Å²) in [5, 5.41) is 5.65. The second-order valence-corrected chi connectivity index (χ2v) is 12.7. The van der Waals surface area contributed by atoms with E-state index in [0.29, 0.717) is 0 Å². The van der Waals surface area contributed by atoms with Crippen molar-refractivity contribution in [3.8, 4) is 39.6 Å². The summed E-state index contributed by atoms with van der Waals surface area (Å²) in [4.78, 5) is 0. The number of rotatable bonds is 9. The van der Waals surface area contributed by atoms with Gasteiger partial charge >= 0.3 is 5.82 Å². The number of aryl methyl sites for hydroxylation is 3. The molecule has 0 saturated carbocycles. The molecule has 2 heterocycles. The Labute approximate surface area is 263 Å². The van der Waals surface area contributed by atoms with E-state index < -0.39 is 5.54 Å². The van der Waals surface area contributed by atoms with Crippen molar-refractivity contribution in [1.29, 1.82) is 0 Å². The molecule has 0 amide bonds. The van der Waals surface area contributed by atoms with Crippen LogP contribution in [0.25, 0.3) is 39.6 Å². The van der Waals surface area contributed by atoms with Crippen molar-refractivity contribution in [2.45, 2.75) is 84.6 Å². The van der Waals surface area contributed by atoms with Gasteiger partial charge < -0.3 is 0 Å². The average molecular weight is 581 g/mol. The van der Waals surface area contributed by atoms with Crippen LogP contribution in [0.4, 0.5) is 0 Å². The number of aromatic nitrogens is 3. The Kier molecular flexibility index (Phi) is 7.92. The first-order chi connectivity index (χ1) is 21.3. The summed E-state index contributed by atoms with van der Waals surface area (Å²) in [5.74, 6) is 2.09. The summed E-state index contributed by atoms with van der Waals surface area (Å²) in [7, 11) is 0. The molecule has 2 unspecified atom stereocenters. The predicted molar refractivity (Wildman–Crippen MR) is 184 cm³/mol. The first-order valence-corrected chi connectivity index (χ1v) is 16.4. The van der Waals surface area contributed by atoms with Crippen LogP contribution in [0, 0.1) is 13.8 Å². The standard InChI is InChI=1S/C41H46N3/c1-8-12-21-31-27-30(6)37(35(28-31)32-22-14-13-15-23-32)43-38(33-24-17-16-20-29(33)5)42-44-39(43)34-25-18-19-26-36(34)40(7,9-2)41(44,10-3)11-4/h10,13-20,22-28H,3,8-9,11-12,21H2,1-2,4-7H3/q+1. The maximum absolute atomic E-state index is 5.65. The fourth-order valence-corrected chi connectivity index (χ4v) is 7.74. The van der Waals surface area contributed by atoms with Gasteiger partial charge in [0.05, 0.1) is 11.1 Å². The van der Waals surface area contributed by atoms with Gasteiger partial charge in [0.15, 0.2) is 5.54 Å². The van der Waals surface area contributed by atoms with Gasteiger partial charge in [-0.15, -0.1) is 0 Å². The van der Waals surface area contributed by atoms with Crippen molar-refractivity contribution in [2.75, 3.05) is 0 Å². The van der Waals surface area contributed by atoms with Gasteiger partial charge in [0, 0.05) is 16.1 Å². The molecule has 6 rings (SSSR count). The van der Waals surface area contributed by atoms with Gasteiger partial charge in [-0.05, 0) is 91.6 Å².